The second-order valence-electron chi connectivity index (χ2n) is 4.63. The van der Waals surface area contributed by atoms with Crippen LogP contribution < -0.4 is 4.74 Å². The summed E-state index contributed by atoms with van der Waals surface area (Å²) in [4.78, 5) is 10.5. The average molecular weight is 250 g/mol. The summed E-state index contributed by atoms with van der Waals surface area (Å²) in [5, 5.41) is 18.6. The molecule has 4 heteroatoms. The number of rotatable bonds is 4. The number of benzene rings is 1. The molecule has 0 radical (unpaired) electrons. The number of aliphatic hydroxyl groups is 1. The molecule has 0 aromatic heterocycles. The predicted octanol–water partition coefficient (Wildman–Crippen LogP) is 1.95. The van der Waals surface area contributed by atoms with Gasteiger partial charge in [-0.3, -0.25) is 0 Å². The van der Waals surface area contributed by atoms with Crippen LogP contribution >= 0.6 is 0 Å². The van der Waals surface area contributed by atoms with Crippen LogP contribution in [-0.2, 0) is 11.2 Å². The van der Waals surface area contributed by atoms with Crippen molar-refractivity contribution in [3.8, 4) is 5.75 Å². The summed E-state index contributed by atoms with van der Waals surface area (Å²) in [6.45, 7) is 1.73. The second kappa shape index (κ2) is 5.40. The number of carbonyl (C=O) groups is 1. The fourth-order valence-corrected chi connectivity index (χ4v) is 2.66. The normalized spacial score (nSPS) is 22.3. The van der Waals surface area contributed by atoms with Gasteiger partial charge in [0.2, 0.25) is 0 Å². The Labute approximate surface area is 106 Å². The van der Waals surface area contributed by atoms with Crippen molar-refractivity contribution < 1.29 is 19.7 Å². The summed E-state index contributed by atoms with van der Waals surface area (Å²) in [6, 6.07) is 5.66. The Hall–Kier alpha value is -1.55. The van der Waals surface area contributed by atoms with Crippen LogP contribution in [0.2, 0.25) is 0 Å². The van der Waals surface area contributed by atoms with Gasteiger partial charge in [-0.25, -0.2) is 4.79 Å². The first-order valence-corrected chi connectivity index (χ1v) is 6.28. The molecule has 1 aliphatic rings. The van der Waals surface area contributed by atoms with Gasteiger partial charge in [-0.05, 0) is 36.5 Å². The summed E-state index contributed by atoms with van der Waals surface area (Å²) in [5.41, 5.74) is 2.15. The van der Waals surface area contributed by atoms with Gasteiger partial charge in [0.15, 0.2) is 6.61 Å². The Morgan fingerprint density at radius 3 is 2.94 bits per heavy atom. The number of ether oxygens (including phenoxy) is 1. The molecular formula is C14H18O4. The molecule has 98 valence electrons. The molecule has 1 aromatic rings. The Bertz CT molecular complexity index is 441. The third kappa shape index (κ3) is 2.48. The molecule has 0 spiro atoms. The minimum atomic E-state index is -0.976. The molecule has 2 N–H and O–H groups in total. The maximum absolute atomic E-state index is 10.5. The van der Waals surface area contributed by atoms with Crippen molar-refractivity contribution in [2.45, 2.75) is 38.2 Å². The van der Waals surface area contributed by atoms with E-state index in [1.807, 2.05) is 19.1 Å². The predicted molar refractivity (Wildman–Crippen MR) is 66.9 cm³/mol. The van der Waals surface area contributed by atoms with Crippen LogP contribution in [0.3, 0.4) is 0 Å². The molecule has 0 fully saturated rings. The van der Waals surface area contributed by atoms with E-state index in [-0.39, 0.29) is 18.6 Å². The highest BCUT2D eigenvalue weighted by Gasteiger charge is 2.28. The first kappa shape index (κ1) is 12.9. The molecule has 1 aromatic carbocycles. The molecule has 0 bridgehead atoms. The van der Waals surface area contributed by atoms with Crippen LogP contribution in [0.15, 0.2) is 18.2 Å². The summed E-state index contributed by atoms with van der Waals surface area (Å²) in [5.74, 6) is -0.210. The van der Waals surface area contributed by atoms with E-state index >= 15 is 0 Å². The maximum atomic E-state index is 10.5. The van der Waals surface area contributed by atoms with Gasteiger partial charge in [0.1, 0.15) is 5.75 Å². The van der Waals surface area contributed by atoms with Crippen LogP contribution in [0.25, 0.3) is 0 Å². The SMILES string of the molecule is CC[C@@H]1c2cccc(OCC(=O)O)c2CC[C@H]1O. The van der Waals surface area contributed by atoms with Crippen molar-refractivity contribution >= 4 is 5.97 Å². The number of carboxylic acid groups (broad SMARTS) is 1. The number of hydrogen-bond acceptors (Lipinski definition) is 3. The molecule has 2 rings (SSSR count). The molecule has 4 nitrogen and oxygen atoms in total. The van der Waals surface area contributed by atoms with E-state index in [1.165, 1.54) is 0 Å². The highest BCUT2D eigenvalue weighted by Crippen LogP contribution is 2.38. The Balaban J connectivity index is 2.29. The van der Waals surface area contributed by atoms with E-state index in [0.717, 1.165) is 24.0 Å². The zero-order chi connectivity index (χ0) is 13.1. The number of aliphatic hydroxyl groups excluding tert-OH is 1. The first-order valence-electron chi connectivity index (χ1n) is 6.28. The van der Waals surface area contributed by atoms with Gasteiger partial charge in [0, 0.05) is 5.92 Å². The maximum Gasteiger partial charge on any atom is 0.341 e. The van der Waals surface area contributed by atoms with Crippen LogP contribution in [0, 0.1) is 0 Å². The molecule has 18 heavy (non-hydrogen) atoms. The molecule has 0 saturated heterocycles. The smallest absolute Gasteiger partial charge is 0.341 e. The van der Waals surface area contributed by atoms with E-state index in [2.05, 4.69) is 0 Å². The van der Waals surface area contributed by atoms with Crippen LogP contribution in [0.5, 0.6) is 5.75 Å². The van der Waals surface area contributed by atoms with E-state index in [0.29, 0.717) is 12.2 Å². The van der Waals surface area contributed by atoms with Crippen LogP contribution in [-0.4, -0.2) is 28.9 Å². The molecule has 1 aliphatic carbocycles. The zero-order valence-electron chi connectivity index (χ0n) is 10.4. The monoisotopic (exact) mass is 250 g/mol. The van der Waals surface area contributed by atoms with Crippen molar-refractivity contribution in [2.75, 3.05) is 6.61 Å². The lowest BCUT2D eigenvalue weighted by Crippen LogP contribution is -2.25. The number of fused-ring (bicyclic) bond motifs is 1. The minimum absolute atomic E-state index is 0.127. The van der Waals surface area contributed by atoms with Crippen LogP contribution in [0.4, 0.5) is 0 Å². The molecule has 0 unspecified atom stereocenters. The summed E-state index contributed by atoms with van der Waals surface area (Å²) in [7, 11) is 0. The number of hydrogen-bond donors (Lipinski definition) is 2. The van der Waals surface area contributed by atoms with Crippen LogP contribution in [0.1, 0.15) is 36.8 Å². The van der Waals surface area contributed by atoms with E-state index < -0.39 is 5.97 Å². The molecule has 0 saturated carbocycles. The third-order valence-corrected chi connectivity index (χ3v) is 3.51. The van der Waals surface area contributed by atoms with Crippen molar-refractivity contribution in [1.82, 2.24) is 0 Å². The first-order chi connectivity index (χ1) is 8.63. The largest absolute Gasteiger partial charge is 0.482 e. The quantitative estimate of drug-likeness (QED) is 0.857. The molecule has 0 heterocycles. The topological polar surface area (TPSA) is 66.8 Å². The highest BCUT2D eigenvalue weighted by atomic mass is 16.5. The summed E-state index contributed by atoms with van der Waals surface area (Å²) < 4.78 is 5.31. The lowest BCUT2D eigenvalue weighted by molar-refractivity contribution is -0.139. The average Bonchev–Trinajstić information content (AvgIpc) is 2.35. The Morgan fingerprint density at radius 2 is 2.28 bits per heavy atom. The van der Waals surface area contributed by atoms with E-state index in [4.69, 9.17) is 9.84 Å². The fourth-order valence-electron chi connectivity index (χ4n) is 2.66. The minimum Gasteiger partial charge on any atom is -0.482 e. The van der Waals surface area contributed by atoms with Crippen molar-refractivity contribution in [2.24, 2.45) is 0 Å². The number of aliphatic carboxylic acids is 1. The molecule has 0 amide bonds. The van der Waals surface area contributed by atoms with Crippen molar-refractivity contribution in [1.29, 1.82) is 0 Å². The van der Waals surface area contributed by atoms with Crippen molar-refractivity contribution in [3.05, 3.63) is 29.3 Å². The van der Waals surface area contributed by atoms with Gasteiger partial charge in [-0.15, -0.1) is 0 Å². The Morgan fingerprint density at radius 1 is 1.50 bits per heavy atom. The van der Waals surface area contributed by atoms with Gasteiger partial charge in [0.05, 0.1) is 6.10 Å². The fraction of sp³-hybridized carbons (Fsp3) is 0.500. The van der Waals surface area contributed by atoms with Gasteiger partial charge in [-0.1, -0.05) is 19.1 Å². The van der Waals surface area contributed by atoms with E-state index in [1.54, 1.807) is 6.07 Å². The number of carboxylic acids is 1. The zero-order valence-corrected chi connectivity index (χ0v) is 10.4. The second-order valence-corrected chi connectivity index (χ2v) is 4.63. The van der Waals surface area contributed by atoms with Gasteiger partial charge >= 0.3 is 5.97 Å². The standard InChI is InChI=1S/C14H18O4/c1-2-9-10-4-3-5-13(18-8-14(16)17)11(10)6-7-12(9)15/h3-5,9,12,15H,2,6-8H2,1H3,(H,16,17)/t9-,12-/m1/s1. The summed E-state index contributed by atoms with van der Waals surface area (Å²) in [6.07, 6.45) is 2.01. The van der Waals surface area contributed by atoms with E-state index in [9.17, 15) is 9.90 Å². The third-order valence-electron chi connectivity index (χ3n) is 3.51. The van der Waals surface area contributed by atoms with Gasteiger partial charge < -0.3 is 14.9 Å². The lowest BCUT2D eigenvalue weighted by atomic mass is 9.79. The van der Waals surface area contributed by atoms with Gasteiger partial charge in [-0.2, -0.15) is 0 Å². The highest BCUT2D eigenvalue weighted by molar-refractivity contribution is 5.68. The molecule has 0 aliphatic heterocycles. The Kier molecular flexibility index (Phi) is 3.87. The van der Waals surface area contributed by atoms with Gasteiger partial charge in [0.25, 0.3) is 0 Å². The lowest BCUT2D eigenvalue weighted by Gasteiger charge is -2.30. The van der Waals surface area contributed by atoms with Crippen molar-refractivity contribution in [3.63, 3.8) is 0 Å². The molecular weight excluding hydrogens is 232 g/mol. The molecule has 2 atom stereocenters. The summed E-state index contributed by atoms with van der Waals surface area (Å²) >= 11 is 0.